The van der Waals surface area contributed by atoms with Gasteiger partial charge in [0.1, 0.15) is 0 Å². The van der Waals surface area contributed by atoms with Crippen molar-refractivity contribution in [2.45, 2.75) is 24.7 Å². The van der Waals surface area contributed by atoms with Gasteiger partial charge in [0.15, 0.2) is 0 Å². The van der Waals surface area contributed by atoms with Crippen LogP contribution in [0.5, 0.6) is 0 Å². The highest BCUT2D eigenvalue weighted by molar-refractivity contribution is 9.10. The number of piperidine rings is 1. The summed E-state index contributed by atoms with van der Waals surface area (Å²) in [6.45, 7) is 3.11. The molecule has 3 rings (SSSR count). The number of sulfonamides is 1. The number of halogens is 2. The standard InChI is InChI=1S/C19H20BrClN2O3S/c1-13-7-9-23(10-8-13)27(25,26)16-5-6-18(21)17(12-16)19(24)22-15-4-2-3-14(20)11-15/h2-6,11-13H,7-10H2,1H3,(H,22,24). The zero-order valence-electron chi connectivity index (χ0n) is 14.8. The van der Waals surface area contributed by atoms with E-state index in [1.165, 1.54) is 22.5 Å². The second-order valence-electron chi connectivity index (χ2n) is 6.69. The Hall–Kier alpha value is -1.41. The summed E-state index contributed by atoms with van der Waals surface area (Å²) in [5.41, 5.74) is 0.715. The summed E-state index contributed by atoms with van der Waals surface area (Å²) in [5.74, 6) is 0.0654. The molecule has 144 valence electrons. The van der Waals surface area contributed by atoms with Crippen LogP contribution >= 0.6 is 27.5 Å². The van der Waals surface area contributed by atoms with Crippen LogP contribution in [-0.2, 0) is 10.0 Å². The van der Waals surface area contributed by atoms with E-state index in [-0.39, 0.29) is 15.5 Å². The van der Waals surface area contributed by atoms with Crippen LogP contribution < -0.4 is 5.32 Å². The summed E-state index contributed by atoms with van der Waals surface area (Å²) < 4.78 is 28.2. The molecule has 0 atom stereocenters. The van der Waals surface area contributed by atoms with E-state index in [1.807, 2.05) is 6.07 Å². The summed E-state index contributed by atoms with van der Waals surface area (Å²) in [4.78, 5) is 12.7. The maximum Gasteiger partial charge on any atom is 0.257 e. The van der Waals surface area contributed by atoms with Crippen LogP contribution in [0.1, 0.15) is 30.1 Å². The second-order valence-corrected chi connectivity index (χ2v) is 9.95. The van der Waals surface area contributed by atoms with Gasteiger partial charge in [-0.2, -0.15) is 4.31 Å². The molecule has 1 aliphatic heterocycles. The van der Waals surface area contributed by atoms with Crippen LogP contribution in [0.2, 0.25) is 5.02 Å². The maximum atomic E-state index is 12.9. The SMILES string of the molecule is CC1CCN(S(=O)(=O)c2ccc(Cl)c(C(=O)Nc3cccc(Br)c3)c2)CC1. The molecule has 8 heteroatoms. The number of benzene rings is 2. The van der Waals surface area contributed by atoms with E-state index in [0.717, 1.165) is 17.3 Å². The maximum absolute atomic E-state index is 12.9. The van der Waals surface area contributed by atoms with Crippen LogP contribution in [0, 0.1) is 5.92 Å². The second kappa shape index (κ2) is 8.31. The molecular formula is C19H20BrClN2O3S. The predicted octanol–water partition coefficient (Wildman–Crippen LogP) is 4.78. The van der Waals surface area contributed by atoms with Crippen LogP contribution in [0.4, 0.5) is 5.69 Å². The first kappa shape index (κ1) is 20.3. The fraction of sp³-hybridized carbons (Fsp3) is 0.316. The molecule has 1 fully saturated rings. The highest BCUT2D eigenvalue weighted by atomic mass is 79.9. The van der Waals surface area contributed by atoms with E-state index in [4.69, 9.17) is 11.6 Å². The fourth-order valence-corrected chi connectivity index (χ4v) is 5.08. The van der Waals surface area contributed by atoms with Crippen LogP contribution in [0.25, 0.3) is 0 Å². The molecule has 27 heavy (non-hydrogen) atoms. The lowest BCUT2D eigenvalue weighted by Gasteiger charge is -2.29. The summed E-state index contributed by atoms with van der Waals surface area (Å²) >= 11 is 9.51. The normalized spacial score (nSPS) is 16.3. The molecule has 1 aliphatic rings. The van der Waals surface area contributed by atoms with Crippen molar-refractivity contribution in [2.24, 2.45) is 5.92 Å². The first-order valence-electron chi connectivity index (χ1n) is 8.64. The van der Waals surface area contributed by atoms with E-state index >= 15 is 0 Å². The minimum absolute atomic E-state index is 0.0841. The van der Waals surface area contributed by atoms with Crippen molar-refractivity contribution < 1.29 is 13.2 Å². The highest BCUT2D eigenvalue weighted by Gasteiger charge is 2.29. The number of nitrogens with one attached hydrogen (secondary N) is 1. The quantitative estimate of drug-likeness (QED) is 0.698. The van der Waals surface area contributed by atoms with E-state index in [0.29, 0.717) is 24.7 Å². The van der Waals surface area contributed by atoms with E-state index in [2.05, 4.69) is 28.2 Å². The molecule has 1 N–H and O–H groups in total. The number of rotatable bonds is 4. The summed E-state index contributed by atoms with van der Waals surface area (Å²) in [5, 5.41) is 2.94. The molecule has 1 saturated heterocycles. The average molecular weight is 472 g/mol. The molecule has 5 nitrogen and oxygen atoms in total. The number of carbonyl (C=O) groups is 1. The largest absolute Gasteiger partial charge is 0.322 e. The average Bonchev–Trinajstić information content (AvgIpc) is 2.62. The van der Waals surface area contributed by atoms with Gasteiger partial charge in [-0.25, -0.2) is 8.42 Å². The Kier molecular flexibility index (Phi) is 6.25. The number of nitrogens with zero attached hydrogens (tertiary/aromatic N) is 1. The molecule has 0 aromatic heterocycles. The lowest BCUT2D eigenvalue weighted by molar-refractivity contribution is 0.102. The smallest absolute Gasteiger partial charge is 0.257 e. The third-order valence-electron chi connectivity index (χ3n) is 4.65. The zero-order valence-corrected chi connectivity index (χ0v) is 17.9. The van der Waals surface area contributed by atoms with Gasteiger partial charge in [-0.3, -0.25) is 4.79 Å². The number of anilines is 1. The van der Waals surface area contributed by atoms with Crippen molar-refractivity contribution >= 4 is 49.1 Å². The number of carbonyl (C=O) groups excluding carboxylic acids is 1. The van der Waals surface area contributed by atoms with Crippen molar-refractivity contribution in [3.8, 4) is 0 Å². The van der Waals surface area contributed by atoms with Crippen molar-refractivity contribution in [3.05, 3.63) is 57.5 Å². The Morgan fingerprint density at radius 3 is 2.56 bits per heavy atom. The molecule has 1 amide bonds. The molecule has 0 saturated carbocycles. The number of hydrogen-bond acceptors (Lipinski definition) is 3. The Bertz CT molecular complexity index is 957. The lowest BCUT2D eigenvalue weighted by atomic mass is 10.0. The van der Waals surface area contributed by atoms with Gasteiger partial charge in [0.25, 0.3) is 5.91 Å². The van der Waals surface area contributed by atoms with E-state index < -0.39 is 15.9 Å². The van der Waals surface area contributed by atoms with E-state index in [1.54, 1.807) is 18.2 Å². The topological polar surface area (TPSA) is 66.5 Å². The highest BCUT2D eigenvalue weighted by Crippen LogP contribution is 2.27. The van der Waals surface area contributed by atoms with E-state index in [9.17, 15) is 13.2 Å². The van der Waals surface area contributed by atoms with Crippen molar-refractivity contribution in [1.29, 1.82) is 0 Å². The monoisotopic (exact) mass is 470 g/mol. The Morgan fingerprint density at radius 1 is 1.19 bits per heavy atom. The van der Waals surface area contributed by atoms with Gasteiger partial charge >= 0.3 is 0 Å². The molecule has 1 heterocycles. The molecule has 0 bridgehead atoms. The minimum atomic E-state index is -3.65. The summed E-state index contributed by atoms with van der Waals surface area (Å²) in [6.07, 6.45) is 1.67. The van der Waals surface area contributed by atoms with Gasteiger partial charge < -0.3 is 5.32 Å². The molecule has 2 aromatic carbocycles. The Morgan fingerprint density at radius 2 is 1.89 bits per heavy atom. The van der Waals surface area contributed by atoms with Gasteiger partial charge in [0, 0.05) is 23.2 Å². The predicted molar refractivity (Wildman–Crippen MR) is 111 cm³/mol. The molecule has 0 unspecified atom stereocenters. The Labute approximate surface area is 172 Å². The Balaban J connectivity index is 1.86. The fourth-order valence-electron chi connectivity index (χ4n) is 2.98. The molecule has 0 radical (unpaired) electrons. The van der Waals surface area contributed by atoms with Gasteiger partial charge in [0.05, 0.1) is 15.5 Å². The summed E-state index contributed by atoms with van der Waals surface area (Å²) in [7, 11) is -3.65. The molecular weight excluding hydrogens is 452 g/mol. The first-order chi connectivity index (χ1) is 12.8. The van der Waals surface area contributed by atoms with Gasteiger partial charge in [-0.15, -0.1) is 0 Å². The third-order valence-corrected chi connectivity index (χ3v) is 7.36. The minimum Gasteiger partial charge on any atom is -0.322 e. The third kappa shape index (κ3) is 4.71. The van der Waals surface area contributed by atoms with Crippen molar-refractivity contribution in [1.82, 2.24) is 4.31 Å². The van der Waals surface area contributed by atoms with Crippen LogP contribution in [-0.4, -0.2) is 31.7 Å². The molecule has 0 aliphatic carbocycles. The first-order valence-corrected chi connectivity index (χ1v) is 11.2. The van der Waals surface area contributed by atoms with Gasteiger partial charge in [-0.05, 0) is 55.2 Å². The molecule has 2 aromatic rings. The number of amides is 1. The van der Waals surface area contributed by atoms with Crippen LogP contribution in [0.3, 0.4) is 0 Å². The number of hydrogen-bond donors (Lipinski definition) is 1. The zero-order chi connectivity index (χ0) is 19.6. The lowest BCUT2D eigenvalue weighted by Crippen LogP contribution is -2.37. The van der Waals surface area contributed by atoms with Crippen LogP contribution in [0.15, 0.2) is 51.8 Å². The van der Waals surface area contributed by atoms with Crippen molar-refractivity contribution in [3.63, 3.8) is 0 Å². The molecule has 0 spiro atoms. The van der Waals surface area contributed by atoms with Gasteiger partial charge in [0.2, 0.25) is 10.0 Å². The van der Waals surface area contributed by atoms with Crippen molar-refractivity contribution in [2.75, 3.05) is 18.4 Å². The summed E-state index contributed by atoms with van der Waals surface area (Å²) in [6, 6.07) is 11.4. The van der Waals surface area contributed by atoms with Gasteiger partial charge in [-0.1, -0.05) is 40.5 Å².